The number of hydrogen-bond acceptors (Lipinski definition) is 2. The summed E-state index contributed by atoms with van der Waals surface area (Å²) in [5.74, 6) is 0. The standard InChI is InChI=1S/C17H29NO/c1-3-4-5-6-7-8-13-19-17(14-18)16-11-9-15(2)10-12-16/h9-12,17H,3-8,13-14,18H2,1-2H3. The van der Waals surface area contributed by atoms with Crippen LogP contribution < -0.4 is 5.73 Å². The minimum Gasteiger partial charge on any atom is -0.372 e. The molecule has 0 fully saturated rings. The lowest BCUT2D eigenvalue weighted by molar-refractivity contribution is 0.0557. The highest BCUT2D eigenvalue weighted by molar-refractivity contribution is 5.23. The molecular weight excluding hydrogens is 234 g/mol. The molecule has 0 bridgehead atoms. The molecule has 0 aliphatic carbocycles. The van der Waals surface area contributed by atoms with Crippen LogP contribution in [-0.4, -0.2) is 13.2 Å². The summed E-state index contributed by atoms with van der Waals surface area (Å²) in [5.41, 5.74) is 8.27. The SMILES string of the molecule is CCCCCCCCOC(CN)c1ccc(C)cc1. The highest BCUT2D eigenvalue weighted by Gasteiger charge is 2.09. The van der Waals surface area contributed by atoms with Crippen LogP contribution in [0.4, 0.5) is 0 Å². The minimum atomic E-state index is 0.0521. The van der Waals surface area contributed by atoms with Crippen LogP contribution in [0.25, 0.3) is 0 Å². The molecular formula is C17H29NO. The summed E-state index contributed by atoms with van der Waals surface area (Å²) in [6, 6.07) is 8.47. The summed E-state index contributed by atoms with van der Waals surface area (Å²) < 4.78 is 5.90. The van der Waals surface area contributed by atoms with Gasteiger partial charge in [0.1, 0.15) is 0 Å². The van der Waals surface area contributed by atoms with Crippen molar-refractivity contribution in [3.63, 3.8) is 0 Å². The second-order valence-electron chi connectivity index (χ2n) is 5.27. The zero-order valence-electron chi connectivity index (χ0n) is 12.5. The van der Waals surface area contributed by atoms with Gasteiger partial charge in [0.15, 0.2) is 0 Å². The smallest absolute Gasteiger partial charge is 0.0947 e. The molecule has 1 unspecified atom stereocenters. The third-order valence-corrected chi connectivity index (χ3v) is 3.48. The van der Waals surface area contributed by atoms with Crippen LogP contribution in [0, 0.1) is 6.92 Å². The van der Waals surface area contributed by atoms with E-state index in [0.717, 1.165) is 13.0 Å². The van der Waals surface area contributed by atoms with Gasteiger partial charge >= 0.3 is 0 Å². The Balaban J connectivity index is 2.20. The molecule has 0 saturated heterocycles. The molecule has 0 spiro atoms. The average molecular weight is 263 g/mol. The van der Waals surface area contributed by atoms with Gasteiger partial charge in [0.05, 0.1) is 6.10 Å². The van der Waals surface area contributed by atoms with Gasteiger partial charge in [0.2, 0.25) is 0 Å². The maximum Gasteiger partial charge on any atom is 0.0947 e. The second kappa shape index (κ2) is 9.99. The third-order valence-electron chi connectivity index (χ3n) is 3.48. The molecule has 0 aromatic heterocycles. The minimum absolute atomic E-state index is 0.0521. The van der Waals surface area contributed by atoms with Crippen LogP contribution in [-0.2, 0) is 4.74 Å². The Morgan fingerprint density at radius 1 is 1.00 bits per heavy atom. The van der Waals surface area contributed by atoms with Crippen LogP contribution in [0.15, 0.2) is 24.3 Å². The molecule has 2 N–H and O–H groups in total. The van der Waals surface area contributed by atoms with Crippen molar-refractivity contribution in [2.45, 2.75) is 58.5 Å². The number of aryl methyl sites for hydroxylation is 1. The molecule has 1 aromatic rings. The van der Waals surface area contributed by atoms with Gasteiger partial charge in [-0.3, -0.25) is 0 Å². The molecule has 1 aromatic carbocycles. The van der Waals surface area contributed by atoms with Gasteiger partial charge in [0.25, 0.3) is 0 Å². The third kappa shape index (κ3) is 6.74. The first kappa shape index (κ1) is 16.2. The molecule has 1 rings (SSSR count). The summed E-state index contributed by atoms with van der Waals surface area (Å²) in [5, 5.41) is 0. The van der Waals surface area contributed by atoms with Gasteiger partial charge in [0, 0.05) is 13.2 Å². The van der Waals surface area contributed by atoms with Crippen molar-refractivity contribution < 1.29 is 4.74 Å². The molecule has 0 radical (unpaired) electrons. The zero-order valence-corrected chi connectivity index (χ0v) is 12.5. The summed E-state index contributed by atoms with van der Waals surface area (Å²) in [4.78, 5) is 0. The van der Waals surface area contributed by atoms with Crippen molar-refractivity contribution in [2.75, 3.05) is 13.2 Å². The van der Waals surface area contributed by atoms with Crippen molar-refractivity contribution in [1.29, 1.82) is 0 Å². The lowest BCUT2D eigenvalue weighted by Gasteiger charge is -2.16. The molecule has 1 atom stereocenters. The second-order valence-corrected chi connectivity index (χ2v) is 5.27. The van der Waals surface area contributed by atoms with E-state index in [1.165, 1.54) is 43.2 Å². The van der Waals surface area contributed by atoms with Crippen LogP contribution in [0.2, 0.25) is 0 Å². The van der Waals surface area contributed by atoms with Gasteiger partial charge < -0.3 is 10.5 Å². The van der Waals surface area contributed by atoms with E-state index in [1.807, 2.05) is 0 Å². The molecule has 19 heavy (non-hydrogen) atoms. The first-order valence-corrected chi connectivity index (χ1v) is 7.66. The van der Waals surface area contributed by atoms with Gasteiger partial charge in [-0.1, -0.05) is 68.9 Å². The molecule has 0 aliphatic rings. The predicted molar refractivity (Wildman–Crippen MR) is 82.3 cm³/mol. The Hall–Kier alpha value is -0.860. The van der Waals surface area contributed by atoms with Crippen molar-refractivity contribution in [2.24, 2.45) is 5.73 Å². The molecule has 0 heterocycles. The van der Waals surface area contributed by atoms with E-state index in [1.54, 1.807) is 0 Å². The van der Waals surface area contributed by atoms with E-state index in [0.29, 0.717) is 6.54 Å². The lowest BCUT2D eigenvalue weighted by atomic mass is 10.1. The van der Waals surface area contributed by atoms with Crippen molar-refractivity contribution in [1.82, 2.24) is 0 Å². The van der Waals surface area contributed by atoms with E-state index in [9.17, 15) is 0 Å². The summed E-state index contributed by atoms with van der Waals surface area (Å²) >= 11 is 0. The number of hydrogen-bond donors (Lipinski definition) is 1. The number of unbranched alkanes of at least 4 members (excludes halogenated alkanes) is 5. The van der Waals surface area contributed by atoms with Gasteiger partial charge in [-0.05, 0) is 18.9 Å². The number of benzene rings is 1. The van der Waals surface area contributed by atoms with E-state index in [4.69, 9.17) is 10.5 Å². The molecule has 2 nitrogen and oxygen atoms in total. The zero-order chi connectivity index (χ0) is 13.9. The first-order chi connectivity index (χ1) is 9.27. The molecule has 108 valence electrons. The Morgan fingerprint density at radius 2 is 1.63 bits per heavy atom. The van der Waals surface area contributed by atoms with Crippen LogP contribution in [0.5, 0.6) is 0 Å². The predicted octanol–water partition coefficient (Wildman–Crippen LogP) is 4.37. The van der Waals surface area contributed by atoms with E-state index in [-0.39, 0.29) is 6.10 Å². The summed E-state index contributed by atoms with van der Waals surface area (Å²) in [6.45, 7) is 5.72. The lowest BCUT2D eigenvalue weighted by Crippen LogP contribution is -2.16. The number of rotatable bonds is 10. The fourth-order valence-electron chi connectivity index (χ4n) is 2.19. The fourth-order valence-corrected chi connectivity index (χ4v) is 2.19. The molecule has 2 heteroatoms. The number of nitrogens with two attached hydrogens (primary N) is 1. The maximum atomic E-state index is 5.90. The van der Waals surface area contributed by atoms with Crippen LogP contribution >= 0.6 is 0 Å². The Labute approximate surface area is 118 Å². The fraction of sp³-hybridized carbons (Fsp3) is 0.647. The average Bonchev–Trinajstić information content (AvgIpc) is 2.43. The van der Waals surface area contributed by atoms with E-state index in [2.05, 4.69) is 38.1 Å². The van der Waals surface area contributed by atoms with Crippen molar-refractivity contribution in [3.8, 4) is 0 Å². The normalized spacial score (nSPS) is 12.6. The van der Waals surface area contributed by atoms with Gasteiger partial charge in [-0.2, -0.15) is 0 Å². The van der Waals surface area contributed by atoms with Crippen LogP contribution in [0.1, 0.15) is 62.7 Å². The van der Waals surface area contributed by atoms with Gasteiger partial charge in [-0.25, -0.2) is 0 Å². The molecule has 0 saturated carbocycles. The van der Waals surface area contributed by atoms with Gasteiger partial charge in [-0.15, -0.1) is 0 Å². The monoisotopic (exact) mass is 263 g/mol. The summed E-state index contributed by atoms with van der Waals surface area (Å²) in [7, 11) is 0. The molecule has 0 amide bonds. The van der Waals surface area contributed by atoms with E-state index < -0.39 is 0 Å². The highest BCUT2D eigenvalue weighted by Crippen LogP contribution is 2.17. The largest absolute Gasteiger partial charge is 0.372 e. The Kier molecular flexibility index (Phi) is 8.52. The summed E-state index contributed by atoms with van der Waals surface area (Å²) in [6.07, 6.45) is 7.81. The quantitative estimate of drug-likeness (QED) is 0.636. The van der Waals surface area contributed by atoms with E-state index >= 15 is 0 Å². The van der Waals surface area contributed by atoms with Crippen molar-refractivity contribution >= 4 is 0 Å². The molecule has 0 aliphatic heterocycles. The first-order valence-electron chi connectivity index (χ1n) is 7.66. The number of ether oxygens (including phenoxy) is 1. The maximum absolute atomic E-state index is 5.90. The topological polar surface area (TPSA) is 35.2 Å². The Morgan fingerprint density at radius 3 is 2.26 bits per heavy atom. The highest BCUT2D eigenvalue weighted by atomic mass is 16.5. The van der Waals surface area contributed by atoms with Crippen LogP contribution in [0.3, 0.4) is 0 Å². The Bertz CT molecular complexity index is 321. The van der Waals surface area contributed by atoms with Crippen molar-refractivity contribution in [3.05, 3.63) is 35.4 Å².